The first-order valence-corrected chi connectivity index (χ1v) is 6.11. The van der Waals surface area contributed by atoms with Gasteiger partial charge in [-0.3, -0.25) is 0 Å². The molecule has 1 aromatic carbocycles. The zero-order valence-electron chi connectivity index (χ0n) is 10.3. The lowest BCUT2D eigenvalue weighted by Gasteiger charge is -2.19. The molecule has 92 valence electrons. The van der Waals surface area contributed by atoms with E-state index in [1.165, 1.54) is 0 Å². The van der Waals surface area contributed by atoms with Crippen molar-refractivity contribution in [2.75, 3.05) is 13.7 Å². The summed E-state index contributed by atoms with van der Waals surface area (Å²) in [6, 6.07) is 5.69. The summed E-state index contributed by atoms with van der Waals surface area (Å²) in [5.41, 5.74) is 1.02. The van der Waals surface area contributed by atoms with E-state index in [1.807, 2.05) is 18.2 Å². The first-order valence-electron chi connectivity index (χ1n) is 5.73. The molecule has 0 amide bonds. The van der Waals surface area contributed by atoms with Crippen LogP contribution in [0.2, 0.25) is 5.02 Å². The lowest BCUT2D eigenvalue weighted by molar-refractivity contribution is 0.399. The van der Waals surface area contributed by atoms with Crippen LogP contribution in [0.1, 0.15) is 31.4 Å². The predicted molar refractivity (Wildman–Crippen MR) is 72.5 cm³/mol. The molecule has 0 saturated heterocycles. The molecular weight excluding hydrogens is 234 g/mol. The molecule has 1 rings (SSSR count). The minimum atomic E-state index is 0.0913. The standard InChI is InChI=1S/C14H18ClNO/c1-4-6-13(16-9-5-2)12-10-11(15)7-8-14(12)17-3/h1,7-8,10,13,16H,5-6,9H2,2-3H3. The Morgan fingerprint density at radius 3 is 2.88 bits per heavy atom. The van der Waals surface area contributed by atoms with Crippen LogP contribution in [-0.2, 0) is 0 Å². The topological polar surface area (TPSA) is 21.3 Å². The molecule has 0 aromatic heterocycles. The normalized spacial score (nSPS) is 11.9. The maximum Gasteiger partial charge on any atom is 0.123 e. The smallest absolute Gasteiger partial charge is 0.123 e. The van der Waals surface area contributed by atoms with E-state index in [1.54, 1.807) is 7.11 Å². The highest BCUT2D eigenvalue weighted by Gasteiger charge is 2.14. The third kappa shape index (κ3) is 3.96. The number of methoxy groups -OCH3 is 1. The van der Waals surface area contributed by atoms with E-state index in [0.29, 0.717) is 11.4 Å². The molecule has 3 heteroatoms. The summed E-state index contributed by atoms with van der Waals surface area (Å²) in [5.74, 6) is 3.50. The molecule has 1 atom stereocenters. The minimum absolute atomic E-state index is 0.0913. The molecule has 0 fully saturated rings. The van der Waals surface area contributed by atoms with Gasteiger partial charge >= 0.3 is 0 Å². The van der Waals surface area contributed by atoms with Crippen molar-refractivity contribution < 1.29 is 4.74 Å². The van der Waals surface area contributed by atoms with E-state index in [2.05, 4.69) is 18.2 Å². The van der Waals surface area contributed by atoms with Gasteiger partial charge < -0.3 is 10.1 Å². The Kier molecular flexibility index (Phi) is 5.90. The average molecular weight is 252 g/mol. The van der Waals surface area contributed by atoms with Crippen LogP contribution in [-0.4, -0.2) is 13.7 Å². The Morgan fingerprint density at radius 2 is 2.29 bits per heavy atom. The van der Waals surface area contributed by atoms with Crippen LogP contribution < -0.4 is 10.1 Å². The number of rotatable bonds is 6. The van der Waals surface area contributed by atoms with E-state index in [4.69, 9.17) is 22.8 Å². The molecule has 0 aliphatic rings. The van der Waals surface area contributed by atoms with Crippen molar-refractivity contribution in [1.82, 2.24) is 5.32 Å². The second-order valence-electron chi connectivity index (χ2n) is 3.80. The van der Waals surface area contributed by atoms with Crippen LogP contribution in [0.25, 0.3) is 0 Å². The lowest BCUT2D eigenvalue weighted by atomic mass is 10.0. The maximum absolute atomic E-state index is 6.02. The number of hydrogen-bond donors (Lipinski definition) is 1. The van der Waals surface area contributed by atoms with E-state index in [9.17, 15) is 0 Å². The SMILES string of the molecule is C#CCC(NCCC)c1cc(Cl)ccc1OC. The summed E-state index contributed by atoms with van der Waals surface area (Å²) in [5, 5.41) is 4.10. The summed E-state index contributed by atoms with van der Waals surface area (Å²) in [6.07, 6.45) is 7.09. The molecule has 0 aliphatic heterocycles. The third-order valence-electron chi connectivity index (χ3n) is 2.53. The zero-order chi connectivity index (χ0) is 12.7. The summed E-state index contributed by atoms with van der Waals surface area (Å²) in [4.78, 5) is 0. The van der Waals surface area contributed by atoms with Crippen molar-refractivity contribution in [3.8, 4) is 18.1 Å². The molecule has 1 aromatic rings. The van der Waals surface area contributed by atoms with E-state index >= 15 is 0 Å². The monoisotopic (exact) mass is 251 g/mol. The quantitative estimate of drug-likeness (QED) is 0.783. The predicted octanol–water partition coefficient (Wildman–Crippen LogP) is 3.41. The fraction of sp³-hybridized carbons (Fsp3) is 0.429. The van der Waals surface area contributed by atoms with E-state index in [-0.39, 0.29) is 6.04 Å². The maximum atomic E-state index is 6.02. The Balaban J connectivity index is 2.98. The average Bonchev–Trinajstić information content (AvgIpc) is 2.34. The molecule has 1 N–H and O–H groups in total. The Bertz CT molecular complexity index is 398. The lowest BCUT2D eigenvalue weighted by Crippen LogP contribution is -2.22. The highest BCUT2D eigenvalue weighted by atomic mass is 35.5. The Labute approximate surface area is 108 Å². The van der Waals surface area contributed by atoms with Crippen molar-refractivity contribution >= 4 is 11.6 Å². The van der Waals surface area contributed by atoms with Gasteiger partial charge in [0.15, 0.2) is 0 Å². The van der Waals surface area contributed by atoms with Gasteiger partial charge in [-0.1, -0.05) is 18.5 Å². The fourth-order valence-corrected chi connectivity index (χ4v) is 1.89. The van der Waals surface area contributed by atoms with Crippen molar-refractivity contribution in [3.05, 3.63) is 28.8 Å². The summed E-state index contributed by atoms with van der Waals surface area (Å²) >= 11 is 6.02. The Morgan fingerprint density at radius 1 is 1.53 bits per heavy atom. The number of hydrogen-bond acceptors (Lipinski definition) is 2. The van der Waals surface area contributed by atoms with Crippen molar-refractivity contribution in [2.24, 2.45) is 0 Å². The van der Waals surface area contributed by atoms with Crippen molar-refractivity contribution in [1.29, 1.82) is 0 Å². The molecule has 2 nitrogen and oxygen atoms in total. The molecule has 0 radical (unpaired) electrons. The first-order chi connectivity index (χ1) is 8.22. The van der Waals surface area contributed by atoms with E-state index < -0.39 is 0 Å². The van der Waals surface area contributed by atoms with Gasteiger partial charge in [0.1, 0.15) is 5.75 Å². The first kappa shape index (κ1) is 13.9. The molecular formula is C14H18ClNO. The van der Waals surface area contributed by atoms with Crippen LogP contribution in [0.5, 0.6) is 5.75 Å². The van der Waals surface area contributed by atoms with Crippen LogP contribution in [0, 0.1) is 12.3 Å². The van der Waals surface area contributed by atoms with Crippen molar-refractivity contribution in [2.45, 2.75) is 25.8 Å². The molecule has 0 saturated carbocycles. The summed E-state index contributed by atoms with van der Waals surface area (Å²) in [6.45, 7) is 3.04. The summed E-state index contributed by atoms with van der Waals surface area (Å²) < 4.78 is 5.34. The van der Waals surface area contributed by atoms with Gasteiger partial charge in [-0.2, -0.15) is 0 Å². The molecule has 0 aliphatic carbocycles. The number of nitrogens with one attached hydrogen (secondary N) is 1. The Hall–Kier alpha value is -1.17. The number of ether oxygens (including phenoxy) is 1. The highest BCUT2D eigenvalue weighted by Crippen LogP contribution is 2.29. The van der Waals surface area contributed by atoms with E-state index in [0.717, 1.165) is 24.3 Å². The number of terminal acetylenes is 1. The fourth-order valence-electron chi connectivity index (χ4n) is 1.71. The van der Waals surface area contributed by atoms with Crippen LogP contribution in [0.15, 0.2) is 18.2 Å². The van der Waals surface area contributed by atoms with Crippen LogP contribution in [0.3, 0.4) is 0 Å². The van der Waals surface area contributed by atoms with Gasteiger partial charge in [-0.15, -0.1) is 12.3 Å². The molecule has 0 heterocycles. The number of halogens is 1. The third-order valence-corrected chi connectivity index (χ3v) is 2.76. The van der Waals surface area contributed by atoms with Gasteiger partial charge in [-0.25, -0.2) is 0 Å². The molecule has 0 bridgehead atoms. The van der Waals surface area contributed by atoms with Gasteiger partial charge in [0.05, 0.1) is 7.11 Å². The number of benzene rings is 1. The molecule has 17 heavy (non-hydrogen) atoms. The van der Waals surface area contributed by atoms with Crippen molar-refractivity contribution in [3.63, 3.8) is 0 Å². The van der Waals surface area contributed by atoms with Crippen LogP contribution >= 0.6 is 11.6 Å². The molecule has 1 unspecified atom stereocenters. The summed E-state index contributed by atoms with van der Waals surface area (Å²) in [7, 11) is 1.65. The largest absolute Gasteiger partial charge is 0.496 e. The second-order valence-corrected chi connectivity index (χ2v) is 4.24. The highest BCUT2D eigenvalue weighted by molar-refractivity contribution is 6.30. The second kappa shape index (κ2) is 7.21. The van der Waals surface area contributed by atoms with Gasteiger partial charge in [-0.05, 0) is 31.2 Å². The minimum Gasteiger partial charge on any atom is -0.496 e. The van der Waals surface area contributed by atoms with Gasteiger partial charge in [0.2, 0.25) is 0 Å². The van der Waals surface area contributed by atoms with Gasteiger partial charge in [0.25, 0.3) is 0 Å². The molecule has 0 spiro atoms. The zero-order valence-corrected chi connectivity index (χ0v) is 11.1. The van der Waals surface area contributed by atoms with Crippen LogP contribution in [0.4, 0.5) is 0 Å². The van der Waals surface area contributed by atoms with Gasteiger partial charge in [0, 0.05) is 23.0 Å².